The lowest BCUT2D eigenvalue weighted by Gasteiger charge is -2.31. The Morgan fingerprint density at radius 3 is 2.47 bits per heavy atom. The molecule has 4 rings (SSSR count). The maximum Gasteiger partial charge on any atom is 0.534 e. The number of rotatable bonds is 7. The Kier molecular flexibility index (Phi) is 6.16. The lowest BCUT2D eigenvalue weighted by molar-refractivity contribution is -0.149. The molecule has 182 valence electrons. The van der Waals surface area contributed by atoms with Crippen LogP contribution in [0.5, 0.6) is 5.75 Å². The van der Waals surface area contributed by atoms with E-state index >= 15 is 0 Å². The number of fused-ring (bicyclic) bond motifs is 4. The molecule has 2 aromatic carbocycles. The maximum absolute atomic E-state index is 13.1. The highest BCUT2D eigenvalue weighted by atomic mass is 32.2. The van der Waals surface area contributed by atoms with Gasteiger partial charge in [-0.15, -0.1) is 0 Å². The summed E-state index contributed by atoms with van der Waals surface area (Å²) in [4.78, 5) is 32.7. The van der Waals surface area contributed by atoms with Gasteiger partial charge in [0.1, 0.15) is 18.4 Å². The molecule has 2 atom stereocenters. The Hall–Kier alpha value is -3.32. The van der Waals surface area contributed by atoms with Gasteiger partial charge in [-0.2, -0.15) is 26.7 Å². The first-order chi connectivity index (χ1) is 16.0. The van der Waals surface area contributed by atoms with E-state index in [1.807, 2.05) is 0 Å². The molecule has 9 nitrogen and oxygen atoms in total. The number of hydrogen-bond donors (Lipinski definition) is 0. The monoisotopic (exact) mass is 500 g/mol. The summed E-state index contributed by atoms with van der Waals surface area (Å²) in [7, 11) is -5.91. The zero-order chi connectivity index (χ0) is 24.7. The van der Waals surface area contributed by atoms with Gasteiger partial charge >= 0.3 is 27.6 Å². The first-order valence-corrected chi connectivity index (χ1v) is 11.5. The first kappa shape index (κ1) is 23.8. The van der Waals surface area contributed by atoms with Gasteiger partial charge in [-0.25, -0.2) is 9.59 Å². The fourth-order valence-corrected chi connectivity index (χ4v) is 4.31. The van der Waals surface area contributed by atoms with Crippen LogP contribution in [0.2, 0.25) is 0 Å². The lowest BCUT2D eigenvalue weighted by atomic mass is 9.91. The summed E-state index contributed by atoms with van der Waals surface area (Å²) in [5, 5.41) is 1.02. The molecule has 0 radical (unpaired) electrons. The molecule has 0 saturated carbocycles. The van der Waals surface area contributed by atoms with Crippen LogP contribution >= 0.6 is 0 Å². The summed E-state index contributed by atoms with van der Waals surface area (Å²) in [5.41, 5.74) is -4.39. The van der Waals surface area contributed by atoms with Gasteiger partial charge in [0.2, 0.25) is 0 Å². The minimum absolute atomic E-state index is 0.00890. The van der Waals surface area contributed by atoms with Crippen LogP contribution in [0.1, 0.15) is 35.7 Å². The Morgan fingerprint density at radius 1 is 1.12 bits per heavy atom. The number of amides is 2. The number of ether oxygens (including phenoxy) is 1. The number of benzene rings is 2. The van der Waals surface area contributed by atoms with Crippen molar-refractivity contribution < 1.29 is 44.9 Å². The third-order valence-electron chi connectivity index (χ3n) is 5.32. The van der Waals surface area contributed by atoms with Gasteiger partial charge in [-0.05, 0) is 35.7 Å². The number of hydrogen-bond acceptors (Lipinski definition) is 7. The molecule has 2 aliphatic heterocycles. The topological polar surface area (TPSA) is 102 Å². The van der Waals surface area contributed by atoms with Crippen molar-refractivity contribution in [3.8, 4) is 5.75 Å². The molecule has 2 bridgehead atoms. The van der Waals surface area contributed by atoms with E-state index < -0.39 is 45.5 Å². The van der Waals surface area contributed by atoms with Crippen LogP contribution in [-0.2, 0) is 31.1 Å². The molecule has 34 heavy (non-hydrogen) atoms. The molecule has 0 N–H and O–H groups in total. The van der Waals surface area contributed by atoms with E-state index in [1.165, 1.54) is 11.0 Å². The molecule has 1 saturated heterocycles. The van der Waals surface area contributed by atoms with E-state index in [0.717, 1.165) is 22.8 Å². The van der Waals surface area contributed by atoms with Crippen molar-refractivity contribution in [3.63, 3.8) is 0 Å². The van der Waals surface area contributed by atoms with Crippen LogP contribution in [0.3, 0.4) is 0 Å². The number of carbonyl (C=O) groups excluding carboxylic acids is 2. The van der Waals surface area contributed by atoms with Crippen molar-refractivity contribution in [3.05, 3.63) is 65.2 Å². The van der Waals surface area contributed by atoms with Crippen molar-refractivity contribution in [2.45, 2.75) is 31.1 Å². The predicted octanol–water partition coefficient (Wildman–Crippen LogP) is 3.44. The van der Waals surface area contributed by atoms with Crippen molar-refractivity contribution in [1.29, 1.82) is 0 Å². The van der Waals surface area contributed by atoms with Crippen molar-refractivity contribution in [2.75, 3.05) is 13.2 Å². The normalized spacial score (nSPS) is 19.7. The summed E-state index contributed by atoms with van der Waals surface area (Å²) in [6.07, 6.45) is 0. The Labute approximate surface area is 192 Å². The SMILES string of the molecule is CCOC(=O)[C@H]1c2ccc(OS(=O)(=O)C(F)(F)F)cc2[C@@H]2CN1C(=O)N2OCc1ccccc1. The van der Waals surface area contributed by atoms with Gasteiger partial charge in [0, 0.05) is 0 Å². The van der Waals surface area contributed by atoms with Crippen LogP contribution in [0.15, 0.2) is 48.5 Å². The highest BCUT2D eigenvalue weighted by molar-refractivity contribution is 7.88. The van der Waals surface area contributed by atoms with Crippen LogP contribution in [0, 0.1) is 0 Å². The van der Waals surface area contributed by atoms with Crippen molar-refractivity contribution in [2.24, 2.45) is 0 Å². The number of hydroxylamine groups is 2. The molecule has 0 spiro atoms. The average molecular weight is 500 g/mol. The van der Waals surface area contributed by atoms with E-state index in [1.54, 1.807) is 37.3 Å². The second-order valence-electron chi connectivity index (χ2n) is 7.46. The maximum atomic E-state index is 13.1. The standard InChI is InChI=1S/C21H19F3N2O7S/c1-2-31-19(27)18-15-9-8-14(33-34(29,30)21(22,23)24)10-16(15)17-11-25(18)20(28)26(17)32-12-13-6-4-3-5-7-13/h3-10,17-18H,2,11-12H2,1H3/t17-,18+/m0/s1. The third-order valence-corrected chi connectivity index (χ3v) is 6.30. The highest BCUT2D eigenvalue weighted by Gasteiger charge is 2.52. The minimum atomic E-state index is -5.91. The number of esters is 1. The Bertz CT molecular complexity index is 1200. The van der Waals surface area contributed by atoms with Crippen LogP contribution in [0.4, 0.5) is 18.0 Å². The largest absolute Gasteiger partial charge is 0.534 e. The van der Waals surface area contributed by atoms with E-state index in [4.69, 9.17) is 9.57 Å². The average Bonchev–Trinajstić information content (AvgIpc) is 3.05. The van der Waals surface area contributed by atoms with Crippen LogP contribution < -0.4 is 4.18 Å². The lowest BCUT2D eigenvalue weighted by Crippen LogP contribution is -2.39. The number of halogens is 3. The van der Waals surface area contributed by atoms with Gasteiger partial charge < -0.3 is 13.8 Å². The molecule has 0 aliphatic carbocycles. The fraction of sp³-hybridized carbons (Fsp3) is 0.333. The summed E-state index contributed by atoms with van der Waals surface area (Å²) in [5.74, 6) is -1.36. The molecule has 0 unspecified atom stereocenters. The quantitative estimate of drug-likeness (QED) is 0.326. The van der Waals surface area contributed by atoms with E-state index in [9.17, 15) is 31.2 Å². The number of carbonyl (C=O) groups is 2. The molecular formula is C21H19F3N2O7S. The van der Waals surface area contributed by atoms with Crippen molar-refractivity contribution in [1.82, 2.24) is 9.96 Å². The molecule has 13 heteroatoms. The number of urea groups is 1. The highest BCUT2D eigenvalue weighted by Crippen LogP contribution is 2.46. The molecular weight excluding hydrogens is 481 g/mol. The summed E-state index contributed by atoms with van der Waals surface area (Å²) in [6.45, 7) is 1.61. The molecule has 2 amide bonds. The molecule has 2 aromatic rings. The van der Waals surface area contributed by atoms with E-state index in [-0.39, 0.29) is 30.9 Å². The van der Waals surface area contributed by atoms with E-state index in [0.29, 0.717) is 0 Å². The molecule has 2 heterocycles. The summed E-state index contributed by atoms with van der Waals surface area (Å²) in [6, 6.07) is 9.56. The first-order valence-electron chi connectivity index (χ1n) is 10.1. The molecule has 2 aliphatic rings. The van der Waals surface area contributed by atoms with Gasteiger partial charge in [0.25, 0.3) is 0 Å². The van der Waals surface area contributed by atoms with Crippen molar-refractivity contribution >= 4 is 22.1 Å². The number of alkyl halides is 3. The molecule has 1 fully saturated rings. The second-order valence-corrected chi connectivity index (χ2v) is 9.00. The van der Waals surface area contributed by atoms with Gasteiger partial charge in [-0.1, -0.05) is 36.4 Å². The third kappa shape index (κ3) is 4.28. The van der Waals surface area contributed by atoms with E-state index in [2.05, 4.69) is 4.18 Å². The molecule has 0 aromatic heterocycles. The minimum Gasteiger partial charge on any atom is -0.464 e. The summed E-state index contributed by atoms with van der Waals surface area (Å²) < 4.78 is 70.6. The zero-order valence-electron chi connectivity index (χ0n) is 17.7. The zero-order valence-corrected chi connectivity index (χ0v) is 18.5. The van der Waals surface area contributed by atoms with Gasteiger partial charge in [0.15, 0.2) is 6.04 Å². The predicted molar refractivity (Wildman–Crippen MR) is 109 cm³/mol. The Morgan fingerprint density at radius 2 is 1.82 bits per heavy atom. The van der Waals surface area contributed by atoms with Gasteiger partial charge in [-0.3, -0.25) is 4.84 Å². The van der Waals surface area contributed by atoms with Crippen LogP contribution in [-0.4, -0.2) is 49.0 Å². The Balaban J connectivity index is 1.71. The fourth-order valence-electron chi connectivity index (χ4n) is 3.86. The van der Waals surface area contributed by atoms with Crippen LogP contribution in [0.25, 0.3) is 0 Å². The smallest absolute Gasteiger partial charge is 0.464 e. The second kappa shape index (κ2) is 8.80. The number of nitrogens with zero attached hydrogens (tertiary/aromatic N) is 2. The summed E-state index contributed by atoms with van der Waals surface area (Å²) >= 11 is 0. The van der Waals surface area contributed by atoms with Gasteiger partial charge in [0.05, 0.1) is 13.2 Å².